The fourth-order valence-corrected chi connectivity index (χ4v) is 8.24. The summed E-state index contributed by atoms with van der Waals surface area (Å²) >= 11 is 0. The molecule has 6 heteroatoms. The molecular formula is C28H39BN2O3. The Balaban J connectivity index is 0.000000764. The number of hydrogen-bond acceptors (Lipinski definition) is 4. The molecule has 182 valence electrons. The first kappa shape index (κ1) is 24.0. The standard InChI is InChI=1S/C26H34N2O3.C2H5B/c1-25-10-9-16(29)11-15(25)12-21(30)24-17-7-8-22(26(17,2)23(31)13-18(24)25)28-14-27-19-5-3-4-6-20(19)28;1-3-2/h3-6,8,14-18,21,23-24,29-31H,7,9-13H2,1-2H3;1H2,2H3/t15-,16+,17?,18?,21?,23?,24?,25-,26-;/m0./s1. The molecule has 0 amide bonds. The molecule has 0 aliphatic heterocycles. The molecule has 5 nitrogen and oxygen atoms in total. The third-order valence-electron chi connectivity index (χ3n) is 10.0. The minimum Gasteiger partial charge on any atom is -0.393 e. The van der Waals surface area contributed by atoms with Crippen molar-refractivity contribution in [1.29, 1.82) is 0 Å². The van der Waals surface area contributed by atoms with Gasteiger partial charge in [-0.1, -0.05) is 32.1 Å². The van der Waals surface area contributed by atoms with Crippen molar-refractivity contribution in [3.05, 3.63) is 36.7 Å². The first-order valence-electron chi connectivity index (χ1n) is 13.0. The maximum atomic E-state index is 11.7. The van der Waals surface area contributed by atoms with E-state index in [9.17, 15) is 15.3 Å². The summed E-state index contributed by atoms with van der Waals surface area (Å²) in [6.45, 7) is 11.6. The summed E-state index contributed by atoms with van der Waals surface area (Å²) in [5.74, 6) is 1.05. The number of allylic oxidation sites excluding steroid dienone is 1. The van der Waals surface area contributed by atoms with Gasteiger partial charge in [-0.3, -0.25) is 0 Å². The molecule has 3 N–H and O–H groups in total. The van der Waals surface area contributed by atoms with Crippen LogP contribution in [0.2, 0.25) is 6.82 Å². The Hall–Kier alpha value is -1.76. The van der Waals surface area contributed by atoms with Crippen molar-refractivity contribution in [2.24, 2.45) is 34.5 Å². The zero-order valence-corrected chi connectivity index (χ0v) is 20.8. The first-order chi connectivity index (χ1) is 16.3. The van der Waals surface area contributed by atoms with Gasteiger partial charge in [-0.25, -0.2) is 4.98 Å². The average molecular weight is 462 g/mol. The number of aliphatic hydroxyl groups excluding tert-OH is 3. The summed E-state index contributed by atoms with van der Waals surface area (Å²) in [5.41, 5.74) is 2.87. The maximum Gasteiger partial charge on any atom is 0.100 e. The van der Waals surface area contributed by atoms with Gasteiger partial charge in [-0.2, -0.15) is 0 Å². The monoisotopic (exact) mass is 462 g/mol. The van der Waals surface area contributed by atoms with E-state index in [1.165, 1.54) is 0 Å². The number of para-hydroxylation sites is 2. The van der Waals surface area contributed by atoms with E-state index in [0.717, 1.165) is 55.3 Å². The van der Waals surface area contributed by atoms with Gasteiger partial charge >= 0.3 is 20.2 Å². The van der Waals surface area contributed by atoms with E-state index in [1.807, 2.05) is 31.3 Å². The number of fused-ring (bicyclic) bond motifs is 6. The SMILES string of the molecule is C=BC.C[C@@]12C(n3cnc4ccccc43)=CCC1C1C(O)C[C@@H]3C[C@H](O)CC[C@]3(C)C1CC2O. The molecule has 1 heterocycles. The molecule has 6 rings (SSSR count). The summed E-state index contributed by atoms with van der Waals surface area (Å²) in [6, 6.07) is 8.15. The predicted octanol–water partition coefficient (Wildman–Crippen LogP) is 4.00. The minimum absolute atomic E-state index is 0.0931. The van der Waals surface area contributed by atoms with Crippen LogP contribution in [0.1, 0.15) is 52.4 Å². The summed E-state index contributed by atoms with van der Waals surface area (Å²) in [7, 11) is 0. The molecule has 34 heavy (non-hydrogen) atoms. The van der Waals surface area contributed by atoms with Gasteiger partial charge in [0, 0.05) is 11.1 Å². The summed E-state index contributed by atoms with van der Waals surface area (Å²) in [5, 5.41) is 33.3. The van der Waals surface area contributed by atoms with Crippen molar-refractivity contribution in [2.45, 2.75) is 77.5 Å². The minimum atomic E-state index is -0.455. The molecule has 0 spiro atoms. The Morgan fingerprint density at radius 3 is 2.59 bits per heavy atom. The van der Waals surface area contributed by atoms with Crippen molar-refractivity contribution >= 4 is 30.1 Å². The van der Waals surface area contributed by atoms with Gasteiger partial charge in [0.25, 0.3) is 0 Å². The molecule has 0 radical (unpaired) electrons. The van der Waals surface area contributed by atoms with Gasteiger partial charge in [-0.05, 0) is 79.7 Å². The van der Waals surface area contributed by atoms with Crippen molar-refractivity contribution in [3.63, 3.8) is 0 Å². The molecule has 0 bridgehead atoms. The normalized spacial score (nSPS) is 43.0. The number of aromatic nitrogens is 2. The van der Waals surface area contributed by atoms with Gasteiger partial charge in [0.05, 0.1) is 29.3 Å². The van der Waals surface area contributed by atoms with Gasteiger partial charge < -0.3 is 19.9 Å². The van der Waals surface area contributed by atoms with Crippen LogP contribution < -0.4 is 0 Å². The van der Waals surface area contributed by atoms with Crippen LogP contribution in [-0.2, 0) is 0 Å². The third-order valence-corrected chi connectivity index (χ3v) is 10.0. The topological polar surface area (TPSA) is 78.5 Å². The second-order valence-corrected chi connectivity index (χ2v) is 11.6. The van der Waals surface area contributed by atoms with E-state index in [4.69, 9.17) is 0 Å². The van der Waals surface area contributed by atoms with Crippen LogP contribution >= 0.6 is 0 Å². The number of nitrogens with zero attached hydrogens (tertiary/aromatic N) is 2. The molecule has 4 aliphatic carbocycles. The zero-order valence-electron chi connectivity index (χ0n) is 20.8. The van der Waals surface area contributed by atoms with Gasteiger partial charge in [-0.15, -0.1) is 0 Å². The molecule has 3 saturated carbocycles. The number of rotatable bonds is 1. The van der Waals surface area contributed by atoms with E-state index in [-0.39, 0.29) is 29.5 Å². The second-order valence-electron chi connectivity index (χ2n) is 11.6. The molecule has 9 atom stereocenters. The zero-order chi connectivity index (χ0) is 24.3. The van der Waals surface area contributed by atoms with Crippen LogP contribution in [0.25, 0.3) is 16.7 Å². The Morgan fingerprint density at radius 2 is 1.82 bits per heavy atom. The van der Waals surface area contributed by atoms with Gasteiger partial charge in [0.2, 0.25) is 0 Å². The molecule has 1 aromatic carbocycles. The summed E-state index contributed by atoms with van der Waals surface area (Å²) in [6.07, 6.45) is 8.13. The van der Waals surface area contributed by atoms with Crippen LogP contribution in [0.15, 0.2) is 36.7 Å². The molecule has 2 aromatic rings. The van der Waals surface area contributed by atoms with E-state index in [2.05, 4.69) is 42.0 Å². The summed E-state index contributed by atoms with van der Waals surface area (Å²) < 4.78 is 2.16. The van der Waals surface area contributed by atoms with Crippen molar-refractivity contribution in [3.8, 4) is 0 Å². The quantitative estimate of drug-likeness (QED) is 0.560. The van der Waals surface area contributed by atoms with E-state index in [0.29, 0.717) is 11.8 Å². The van der Waals surface area contributed by atoms with Crippen LogP contribution in [0.3, 0.4) is 0 Å². The molecule has 0 saturated heterocycles. The third kappa shape index (κ3) is 3.40. The predicted molar refractivity (Wildman–Crippen MR) is 139 cm³/mol. The first-order valence-corrected chi connectivity index (χ1v) is 13.0. The average Bonchev–Trinajstić information content (AvgIpc) is 3.38. The van der Waals surface area contributed by atoms with Crippen molar-refractivity contribution in [1.82, 2.24) is 9.55 Å². The molecule has 4 aliphatic rings. The van der Waals surface area contributed by atoms with E-state index >= 15 is 0 Å². The Labute approximate surface area is 203 Å². The molecular weight excluding hydrogens is 423 g/mol. The molecule has 3 fully saturated rings. The smallest absolute Gasteiger partial charge is 0.100 e. The van der Waals surface area contributed by atoms with Crippen LogP contribution in [0.4, 0.5) is 0 Å². The van der Waals surface area contributed by atoms with E-state index < -0.39 is 11.5 Å². The maximum absolute atomic E-state index is 11.7. The Bertz CT molecular complexity index is 1100. The van der Waals surface area contributed by atoms with Crippen LogP contribution in [-0.4, -0.2) is 56.6 Å². The van der Waals surface area contributed by atoms with Gasteiger partial charge in [0.15, 0.2) is 0 Å². The Morgan fingerprint density at radius 1 is 1.09 bits per heavy atom. The molecule has 5 unspecified atom stereocenters. The number of hydrogen-bond donors (Lipinski definition) is 3. The fraction of sp³-hybridized carbons (Fsp3) is 0.643. The number of benzene rings is 1. The van der Waals surface area contributed by atoms with Crippen molar-refractivity contribution in [2.75, 3.05) is 0 Å². The summed E-state index contributed by atoms with van der Waals surface area (Å²) in [4.78, 5) is 4.59. The van der Waals surface area contributed by atoms with Crippen molar-refractivity contribution < 1.29 is 15.3 Å². The fourth-order valence-electron chi connectivity index (χ4n) is 8.24. The number of aliphatic hydroxyl groups is 3. The van der Waals surface area contributed by atoms with Crippen LogP contribution in [0, 0.1) is 34.5 Å². The second kappa shape index (κ2) is 8.72. The van der Waals surface area contributed by atoms with E-state index in [1.54, 1.807) is 6.92 Å². The molecule has 1 aromatic heterocycles. The Kier molecular flexibility index (Phi) is 6.15. The van der Waals surface area contributed by atoms with Gasteiger partial charge in [0.1, 0.15) is 6.33 Å². The number of imidazole rings is 1. The largest absolute Gasteiger partial charge is 0.393 e. The van der Waals surface area contributed by atoms with Crippen LogP contribution in [0.5, 0.6) is 0 Å².